The van der Waals surface area contributed by atoms with Crippen molar-refractivity contribution in [2.24, 2.45) is 13.0 Å². The summed E-state index contributed by atoms with van der Waals surface area (Å²) < 4.78 is 33.1. The molecule has 0 bridgehead atoms. The molecule has 1 amide bonds. The topological polar surface area (TPSA) is 111 Å². The third-order valence-corrected chi connectivity index (χ3v) is 8.20. The molecule has 1 N–H and O–H groups in total. The number of carbonyl (C=O) groups excluding carboxylic acids is 2. The minimum absolute atomic E-state index is 0.0669. The Hall–Kier alpha value is -2.46. The number of esters is 1. The molecule has 33 heavy (non-hydrogen) atoms. The van der Waals surface area contributed by atoms with E-state index in [1.165, 1.54) is 26.6 Å². The molecule has 1 aliphatic carbocycles. The van der Waals surface area contributed by atoms with Gasteiger partial charge in [0.05, 0.1) is 22.3 Å². The molecule has 0 radical (unpaired) electrons. The molecule has 0 saturated heterocycles. The maximum absolute atomic E-state index is 12.4. The van der Waals surface area contributed by atoms with Gasteiger partial charge < -0.3 is 14.6 Å². The van der Waals surface area contributed by atoms with Gasteiger partial charge in [-0.3, -0.25) is 9.59 Å². The van der Waals surface area contributed by atoms with Gasteiger partial charge in [-0.25, -0.2) is 17.7 Å². The molecule has 1 fully saturated rings. The first-order valence-corrected chi connectivity index (χ1v) is 12.8. The highest BCUT2D eigenvalue weighted by atomic mass is 32.2. The van der Waals surface area contributed by atoms with Crippen LogP contribution in [-0.2, 0) is 37.8 Å². The van der Waals surface area contributed by atoms with Gasteiger partial charge in [-0.05, 0) is 43.9 Å². The monoisotopic (exact) mass is 478 g/mol. The molecule has 182 valence electrons. The Kier molecular flexibility index (Phi) is 7.79. The van der Waals surface area contributed by atoms with Crippen LogP contribution in [0.1, 0.15) is 51.8 Å². The molecule has 3 unspecified atom stereocenters. The van der Waals surface area contributed by atoms with Crippen LogP contribution in [0.2, 0.25) is 0 Å². The number of benzene rings is 1. The molecule has 9 nitrogen and oxygen atoms in total. The van der Waals surface area contributed by atoms with Crippen molar-refractivity contribution in [2.75, 3.05) is 14.1 Å². The van der Waals surface area contributed by atoms with Crippen LogP contribution < -0.4 is 5.32 Å². The van der Waals surface area contributed by atoms with E-state index in [9.17, 15) is 18.0 Å². The summed E-state index contributed by atoms with van der Waals surface area (Å²) in [5, 5.41) is 3.01. The second-order valence-corrected chi connectivity index (χ2v) is 11.2. The Balaban J connectivity index is 1.59. The molecule has 1 heterocycles. The molecule has 0 spiro atoms. The maximum atomic E-state index is 12.4. The molecule has 2 aromatic rings. The molecule has 1 aromatic heterocycles. The first-order chi connectivity index (χ1) is 15.5. The van der Waals surface area contributed by atoms with E-state index in [-0.39, 0.29) is 23.3 Å². The lowest BCUT2D eigenvalue weighted by Gasteiger charge is -2.30. The fourth-order valence-electron chi connectivity index (χ4n) is 4.18. The third kappa shape index (κ3) is 5.73. The van der Waals surface area contributed by atoms with Crippen molar-refractivity contribution in [3.63, 3.8) is 0 Å². The molecular weight excluding hydrogens is 444 g/mol. The minimum Gasteiger partial charge on any atom is -0.453 e. The Morgan fingerprint density at radius 2 is 1.97 bits per heavy atom. The molecule has 1 aliphatic rings. The number of hydrogen-bond acceptors (Lipinski definition) is 6. The third-order valence-electron chi connectivity index (χ3n) is 6.39. The second kappa shape index (κ2) is 10.2. The maximum Gasteiger partial charge on any atom is 0.307 e. The van der Waals surface area contributed by atoms with E-state index in [0.29, 0.717) is 23.7 Å². The number of imidazole rings is 1. The van der Waals surface area contributed by atoms with Crippen molar-refractivity contribution in [3.05, 3.63) is 24.0 Å². The van der Waals surface area contributed by atoms with E-state index in [1.807, 2.05) is 11.6 Å². The van der Waals surface area contributed by atoms with Crippen LogP contribution in [-0.4, -0.2) is 60.4 Å². The standard InChI is InChI=1S/C23H34N4O5S/c1-15-8-6-7-9-18(15)25-23(29)16(2)32-22(28)13-12-21-24-19-14-17(33(30,31)26(3)4)10-11-20(19)27(21)5/h10-11,14-16,18H,6-9,12-13H2,1-5H3,(H,25,29). The van der Waals surface area contributed by atoms with Gasteiger partial charge in [-0.2, -0.15) is 0 Å². The quantitative estimate of drug-likeness (QED) is 0.583. The van der Waals surface area contributed by atoms with Crippen LogP contribution in [0.25, 0.3) is 11.0 Å². The number of ether oxygens (including phenoxy) is 1. The zero-order valence-electron chi connectivity index (χ0n) is 20.0. The van der Waals surface area contributed by atoms with E-state index in [2.05, 4.69) is 17.2 Å². The average Bonchev–Trinajstić information content (AvgIpc) is 3.08. The molecule has 10 heteroatoms. The van der Waals surface area contributed by atoms with Crippen LogP contribution >= 0.6 is 0 Å². The van der Waals surface area contributed by atoms with Gasteiger partial charge in [0, 0.05) is 33.6 Å². The lowest BCUT2D eigenvalue weighted by Crippen LogP contribution is -2.46. The Labute approximate surface area is 195 Å². The van der Waals surface area contributed by atoms with Gasteiger partial charge in [0.15, 0.2) is 6.10 Å². The van der Waals surface area contributed by atoms with Gasteiger partial charge in [-0.1, -0.05) is 19.8 Å². The average molecular weight is 479 g/mol. The number of fused-ring (bicyclic) bond motifs is 1. The number of aryl methyl sites for hydroxylation is 2. The number of nitrogens with one attached hydrogen (secondary N) is 1. The van der Waals surface area contributed by atoms with Crippen molar-refractivity contribution in [1.82, 2.24) is 19.2 Å². The number of sulfonamides is 1. The fourth-order valence-corrected chi connectivity index (χ4v) is 5.10. The number of nitrogens with zero attached hydrogens (tertiary/aromatic N) is 3. The Bertz CT molecular complexity index is 1130. The highest BCUT2D eigenvalue weighted by molar-refractivity contribution is 7.89. The summed E-state index contributed by atoms with van der Waals surface area (Å²) in [5.41, 5.74) is 1.31. The van der Waals surface area contributed by atoms with Crippen LogP contribution in [0.3, 0.4) is 0 Å². The van der Waals surface area contributed by atoms with Crippen LogP contribution in [0.5, 0.6) is 0 Å². The largest absolute Gasteiger partial charge is 0.453 e. The predicted octanol–water partition coefficient (Wildman–Crippen LogP) is 2.38. The summed E-state index contributed by atoms with van der Waals surface area (Å²) in [6.45, 7) is 3.72. The first kappa shape index (κ1) is 25.2. The summed E-state index contributed by atoms with van der Waals surface area (Å²) >= 11 is 0. The van der Waals surface area contributed by atoms with Crippen molar-refractivity contribution in [3.8, 4) is 0 Å². The van der Waals surface area contributed by atoms with Crippen LogP contribution in [0.15, 0.2) is 23.1 Å². The number of rotatable bonds is 8. The number of amides is 1. The zero-order chi connectivity index (χ0) is 24.3. The minimum atomic E-state index is -3.56. The Morgan fingerprint density at radius 1 is 1.27 bits per heavy atom. The number of hydrogen-bond donors (Lipinski definition) is 1. The lowest BCUT2D eigenvalue weighted by atomic mass is 9.86. The summed E-state index contributed by atoms with van der Waals surface area (Å²) in [6, 6.07) is 4.92. The SMILES string of the molecule is CC(OC(=O)CCc1nc2cc(S(=O)(=O)N(C)C)ccc2n1C)C(=O)NC1CCCCC1C. The van der Waals surface area contributed by atoms with Gasteiger partial charge in [0.25, 0.3) is 5.91 Å². The first-order valence-electron chi connectivity index (χ1n) is 11.4. The van der Waals surface area contributed by atoms with E-state index in [0.717, 1.165) is 29.1 Å². The summed E-state index contributed by atoms with van der Waals surface area (Å²) in [5.74, 6) is 0.322. The summed E-state index contributed by atoms with van der Waals surface area (Å²) in [7, 11) is 1.21. The van der Waals surface area contributed by atoms with Crippen molar-refractivity contribution in [1.29, 1.82) is 0 Å². The Morgan fingerprint density at radius 3 is 2.64 bits per heavy atom. The normalized spacial score (nSPS) is 20.1. The van der Waals surface area contributed by atoms with Gasteiger partial charge in [-0.15, -0.1) is 0 Å². The molecule has 1 saturated carbocycles. The van der Waals surface area contributed by atoms with E-state index in [1.54, 1.807) is 19.1 Å². The molecular formula is C23H34N4O5S. The number of aromatic nitrogens is 2. The highest BCUT2D eigenvalue weighted by Gasteiger charge is 2.26. The van der Waals surface area contributed by atoms with Gasteiger partial charge in [0.1, 0.15) is 5.82 Å². The lowest BCUT2D eigenvalue weighted by molar-refractivity contribution is -0.155. The number of carbonyl (C=O) groups is 2. The fraction of sp³-hybridized carbons (Fsp3) is 0.609. The summed E-state index contributed by atoms with van der Waals surface area (Å²) in [4.78, 5) is 29.5. The zero-order valence-corrected chi connectivity index (χ0v) is 20.8. The highest BCUT2D eigenvalue weighted by Crippen LogP contribution is 2.24. The van der Waals surface area contributed by atoms with Crippen molar-refractivity contribution >= 4 is 32.9 Å². The predicted molar refractivity (Wildman–Crippen MR) is 125 cm³/mol. The summed E-state index contributed by atoms with van der Waals surface area (Å²) in [6.07, 6.45) is 3.87. The van der Waals surface area contributed by atoms with E-state index >= 15 is 0 Å². The molecule has 3 rings (SSSR count). The smallest absolute Gasteiger partial charge is 0.307 e. The van der Waals surface area contributed by atoms with Crippen LogP contribution in [0, 0.1) is 5.92 Å². The van der Waals surface area contributed by atoms with E-state index in [4.69, 9.17) is 4.74 Å². The molecule has 1 aromatic carbocycles. The van der Waals surface area contributed by atoms with Crippen LogP contribution in [0.4, 0.5) is 0 Å². The van der Waals surface area contributed by atoms with E-state index < -0.39 is 22.1 Å². The molecule has 3 atom stereocenters. The molecule has 0 aliphatic heterocycles. The van der Waals surface area contributed by atoms with Gasteiger partial charge >= 0.3 is 5.97 Å². The van der Waals surface area contributed by atoms with Crippen molar-refractivity contribution in [2.45, 2.75) is 69.4 Å². The van der Waals surface area contributed by atoms with Gasteiger partial charge in [0.2, 0.25) is 10.0 Å². The van der Waals surface area contributed by atoms with Crippen molar-refractivity contribution < 1.29 is 22.7 Å². The second-order valence-electron chi connectivity index (χ2n) is 9.03.